The van der Waals surface area contributed by atoms with Crippen LogP contribution in [0.3, 0.4) is 0 Å². The van der Waals surface area contributed by atoms with Gasteiger partial charge in [-0.15, -0.1) is 0 Å². The van der Waals surface area contributed by atoms with Gasteiger partial charge in [-0.25, -0.2) is 0 Å². The van der Waals surface area contributed by atoms with Crippen molar-refractivity contribution in [3.05, 3.63) is 41.7 Å². The van der Waals surface area contributed by atoms with E-state index in [4.69, 9.17) is 10.5 Å². The molecule has 1 heterocycles. The van der Waals surface area contributed by atoms with E-state index in [9.17, 15) is 13.2 Å². The van der Waals surface area contributed by atoms with Gasteiger partial charge in [0.25, 0.3) is 0 Å². The van der Waals surface area contributed by atoms with Crippen LogP contribution in [0.15, 0.2) is 30.5 Å². The molecule has 0 atom stereocenters. The smallest absolute Gasteiger partial charge is 0.435 e. The monoisotopic (exact) mass is 271 g/mol. The molecule has 0 saturated carbocycles. The van der Waals surface area contributed by atoms with Gasteiger partial charge in [0.2, 0.25) is 0 Å². The number of nitrogens with two attached hydrogens (primary N) is 1. The largest absolute Gasteiger partial charge is 0.496 e. The summed E-state index contributed by atoms with van der Waals surface area (Å²) in [4.78, 5) is 0. The number of nitrogen functional groups attached to an aromatic ring is 1. The van der Waals surface area contributed by atoms with Gasteiger partial charge < -0.3 is 10.5 Å². The summed E-state index contributed by atoms with van der Waals surface area (Å²) >= 11 is 0. The summed E-state index contributed by atoms with van der Waals surface area (Å²) in [6.07, 6.45) is -3.17. The maximum atomic E-state index is 12.4. The number of halogens is 3. The lowest BCUT2D eigenvalue weighted by Gasteiger charge is -2.09. The van der Waals surface area contributed by atoms with Crippen LogP contribution in [0.2, 0.25) is 0 Å². The Morgan fingerprint density at radius 2 is 2.05 bits per heavy atom. The zero-order valence-electron chi connectivity index (χ0n) is 10.1. The first-order valence-corrected chi connectivity index (χ1v) is 5.43. The lowest BCUT2D eigenvalue weighted by Crippen LogP contribution is -2.09. The second-order valence-electron chi connectivity index (χ2n) is 3.97. The highest BCUT2D eigenvalue weighted by molar-refractivity contribution is 5.47. The van der Waals surface area contributed by atoms with E-state index >= 15 is 0 Å². The molecule has 0 spiro atoms. The van der Waals surface area contributed by atoms with Crippen LogP contribution in [0.1, 0.15) is 11.3 Å². The van der Waals surface area contributed by atoms with Crippen LogP contribution < -0.4 is 10.5 Å². The highest BCUT2D eigenvalue weighted by atomic mass is 19.4. The predicted octanol–water partition coefficient (Wildman–Crippen LogP) is 2.54. The Labute approximate surface area is 107 Å². The maximum Gasteiger partial charge on any atom is 0.435 e. The third kappa shape index (κ3) is 2.98. The Kier molecular flexibility index (Phi) is 3.37. The first-order valence-electron chi connectivity index (χ1n) is 5.43. The summed E-state index contributed by atoms with van der Waals surface area (Å²) in [6.45, 7) is 0.157. The number of hydrogen-bond acceptors (Lipinski definition) is 3. The number of anilines is 1. The van der Waals surface area contributed by atoms with Gasteiger partial charge in [0.05, 0.1) is 13.7 Å². The van der Waals surface area contributed by atoms with Crippen LogP contribution in [0, 0.1) is 0 Å². The van der Waals surface area contributed by atoms with Gasteiger partial charge in [0.15, 0.2) is 5.69 Å². The summed E-state index contributed by atoms with van der Waals surface area (Å²) in [7, 11) is 1.49. The van der Waals surface area contributed by atoms with E-state index in [-0.39, 0.29) is 6.54 Å². The van der Waals surface area contributed by atoms with Crippen LogP contribution in [0.5, 0.6) is 5.75 Å². The molecule has 102 valence electrons. The zero-order valence-corrected chi connectivity index (χ0v) is 10.1. The normalized spacial score (nSPS) is 11.6. The standard InChI is InChI=1S/C12H12F3N3O/c1-19-10-3-2-9(16)6-8(10)7-18-5-4-11(17-18)12(13,14)15/h2-6H,7,16H2,1H3. The molecule has 0 bridgehead atoms. The molecule has 19 heavy (non-hydrogen) atoms. The Morgan fingerprint density at radius 3 is 2.63 bits per heavy atom. The quantitative estimate of drug-likeness (QED) is 0.873. The van der Waals surface area contributed by atoms with Gasteiger partial charge in [-0.1, -0.05) is 0 Å². The molecule has 4 nitrogen and oxygen atoms in total. The molecule has 0 amide bonds. The number of nitrogens with zero attached hydrogens (tertiary/aromatic N) is 2. The summed E-state index contributed by atoms with van der Waals surface area (Å²) in [5.41, 5.74) is 5.90. The Balaban J connectivity index is 2.26. The van der Waals surface area contributed by atoms with Gasteiger partial charge in [0.1, 0.15) is 5.75 Å². The molecule has 0 aliphatic rings. The van der Waals surface area contributed by atoms with E-state index in [1.165, 1.54) is 18.0 Å². The Hall–Kier alpha value is -2.18. The molecule has 7 heteroatoms. The van der Waals surface area contributed by atoms with Crippen molar-refractivity contribution >= 4 is 5.69 Å². The molecule has 2 N–H and O–H groups in total. The van der Waals surface area contributed by atoms with Gasteiger partial charge in [-0.3, -0.25) is 4.68 Å². The first-order chi connectivity index (χ1) is 8.90. The van der Waals surface area contributed by atoms with Gasteiger partial charge in [0, 0.05) is 17.4 Å². The molecule has 2 aromatic rings. The molecule has 0 aliphatic carbocycles. The fraction of sp³-hybridized carbons (Fsp3) is 0.250. The van der Waals surface area contributed by atoms with Crippen molar-refractivity contribution in [2.75, 3.05) is 12.8 Å². The van der Waals surface area contributed by atoms with Gasteiger partial charge in [-0.05, 0) is 24.3 Å². The minimum atomic E-state index is -4.44. The van der Waals surface area contributed by atoms with E-state index in [0.29, 0.717) is 17.0 Å². The van der Waals surface area contributed by atoms with Crippen molar-refractivity contribution in [3.8, 4) is 5.75 Å². The van der Waals surface area contributed by atoms with Gasteiger partial charge >= 0.3 is 6.18 Å². The van der Waals surface area contributed by atoms with Crippen molar-refractivity contribution in [2.45, 2.75) is 12.7 Å². The SMILES string of the molecule is COc1ccc(N)cc1Cn1ccc(C(F)(F)F)n1. The zero-order chi connectivity index (χ0) is 14.0. The Morgan fingerprint density at radius 1 is 1.32 bits per heavy atom. The third-order valence-corrected chi connectivity index (χ3v) is 2.57. The summed E-state index contributed by atoms with van der Waals surface area (Å²) in [5.74, 6) is 0.554. The summed E-state index contributed by atoms with van der Waals surface area (Å²) < 4.78 is 43.6. The van der Waals surface area contributed by atoms with Crippen molar-refractivity contribution in [3.63, 3.8) is 0 Å². The molecule has 1 aromatic carbocycles. The Bertz CT molecular complexity index is 578. The topological polar surface area (TPSA) is 53.1 Å². The van der Waals surface area contributed by atoms with E-state index in [1.807, 2.05) is 0 Å². The van der Waals surface area contributed by atoms with Crippen LogP contribution in [-0.2, 0) is 12.7 Å². The second-order valence-corrected chi connectivity index (χ2v) is 3.97. The molecular weight excluding hydrogens is 259 g/mol. The van der Waals surface area contributed by atoms with Crippen LogP contribution in [0.4, 0.5) is 18.9 Å². The minimum Gasteiger partial charge on any atom is -0.496 e. The summed E-state index contributed by atoms with van der Waals surface area (Å²) in [6, 6.07) is 5.90. The molecule has 0 radical (unpaired) electrons. The molecule has 0 saturated heterocycles. The minimum absolute atomic E-state index is 0.157. The van der Waals surface area contributed by atoms with Gasteiger partial charge in [-0.2, -0.15) is 18.3 Å². The van der Waals surface area contributed by atoms with Crippen LogP contribution in [-0.4, -0.2) is 16.9 Å². The van der Waals surface area contributed by atoms with E-state index in [2.05, 4.69) is 5.10 Å². The molecule has 0 aliphatic heterocycles. The third-order valence-electron chi connectivity index (χ3n) is 2.57. The van der Waals surface area contributed by atoms with Crippen molar-refractivity contribution in [1.82, 2.24) is 9.78 Å². The average molecular weight is 271 g/mol. The lowest BCUT2D eigenvalue weighted by molar-refractivity contribution is -0.141. The molecule has 1 aromatic heterocycles. The average Bonchev–Trinajstić information content (AvgIpc) is 2.77. The molecule has 2 rings (SSSR count). The van der Waals surface area contributed by atoms with E-state index in [1.54, 1.807) is 18.2 Å². The fourth-order valence-electron chi connectivity index (χ4n) is 1.70. The molecule has 0 unspecified atom stereocenters. The number of benzene rings is 1. The predicted molar refractivity (Wildman–Crippen MR) is 63.7 cm³/mol. The highest BCUT2D eigenvalue weighted by Gasteiger charge is 2.33. The number of methoxy groups -OCH3 is 1. The highest BCUT2D eigenvalue weighted by Crippen LogP contribution is 2.28. The first kappa shape index (κ1) is 13.3. The van der Waals surface area contributed by atoms with Crippen molar-refractivity contribution < 1.29 is 17.9 Å². The molecule has 0 fully saturated rings. The number of alkyl halides is 3. The maximum absolute atomic E-state index is 12.4. The van der Waals surface area contributed by atoms with E-state index < -0.39 is 11.9 Å². The fourth-order valence-corrected chi connectivity index (χ4v) is 1.70. The molecular formula is C12H12F3N3O. The number of rotatable bonds is 3. The second kappa shape index (κ2) is 4.83. The number of ether oxygens (including phenoxy) is 1. The van der Waals surface area contributed by atoms with E-state index in [0.717, 1.165) is 6.07 Å². The van der Waals surface area contributed by atoms with Crippen molar-refractivity contribution in [1.29, 1.82) is 0 Å². The number of hydrogen-bond donors (Lipinski definition) is 1. The van der Waals surface area contributed by atoms with Crippen LogP contribution >= 0.6 is 0 Å². The number of aromatic nitrogens is 2. The summed E-state index contributed by atoms with van der Waals surface area (Å²) in [5, 5.41) is 3.48. The van der Waals surface area contributed by atoms with Crippen LogP contribution in [0.25, 0.3) is 0 Å². The van der Waals surface area contributed by atoms with Crippen molar-refractivity contribution in [2.24, 2.45) is 0 Å². The lowest BCUT2D eigenvalue weighted by atomic mass is 10.2.